The fourth-order valence-corrected chi connectivity index (χ4v) is 7.96. The minimum atomic E-state index is -0.267. The van der Waals surface area contributed by atoms with Crippen LogP contribution >= 0.6 is 0 Å². The van der Waals surface area contributed by atoms with E-state index in [0.29, 0.717) is 11.4 Å². The molecule has 3 aromatic heterocycles. The third-order valence-electron chi connectivity index (χ3n) is 10.8. The first-order chi connectivity index (χ1) is 26.4. The van der Waals surface area contributed by atoms with Crippen molar-refractivity contribution >= 4 is 21.9 Å². The van der Waals surface area contributed by atoms with Gasteiger partial charge in [0, 0.05) is 45.3 Å². The predicted octanol–water partition coefficient (Wildman–Crippen LogP) is 12.3. The minimum absolute atomic E-state index is 0.267. The summed E-state index contributed by atoms with van der Waals surface area (Å²) in [6.07, 6.45) is 3.62. The molecule has 0 spiro atoms. The number of pyridine rings is 1. The summed E-state index contributed by atoms with van der Waals surface area (Å²) in [4.78, 5) is 14.6. The fraction of sp³-hybridized carbons (Fsp3) is 0.0612. The molecular formula is C49H32N4O. The second-order valence-electron chi connectivity index (χ2n) is 14.4. The summed E-state index contributed by atoms with van der Waals surface area (Å²) in [6, 6.07) is 52.7. The number of nitrogens with zero attached hydrogens (tertiary/aromatic N) is 4. The third kappa shape index (κ3) is 5.19. The topological polar surface area (TPSA) is 75.6 Å². The predicted molar refractivity (Wildman–Crippen MR) is 217 cm³/mol. The van der Waals surface area contributed by atoms with Gasteiger partial charge in [-0.25, -0.2) is 9.97 Å². The van der Waals surface area contributed by atoms with Gasteiger partial charge in [0.15, 0.2) is 5.82 Å². The highest BCUT2D eigenvalue weighted by Crippen LogP contribution is 2.50. The normalized spacial score (nSPS) is 12.8. The number of rotatable bonds is 5. The van der Waals surface area contributed by atoms with Crippen molar-refractivity contribution in [2.75, 3.05) is 0 Å². The molecule has 9 aromatic rings. The van der Waals surface area contributed by atoms with Gasteiger partial charge in [0.2, 0.25) is 0 Å². The van der Waals surface area contributed by atoms with Gasteiger partial charge < -0.3 is 4.42 Å². The first kappa shape index (κ1) is 31.6. The van der Waals surface area contributed by atoms with Crippen LogP contribution in [0.5, 0.6) is 0 Å². The van der Waals surface area contributed by atoms with Gasteiger partial charge in [-0.15, -0.1) is 0 Å². The minimum Gasteiger partial charge on any atom is -0.456 e. The molecule has 1 aliphatic rings. The summed E-state index contributed by atoms with van der Waals surface area (Å²) < 4.78 is 6.31. The van der Waals surface area contributed by atoms with Crippen LogP contribution in [0.4, 0.5) is 0 Å². The van der Waals surface area contributed by atoms with Crippen LogP contribution in [0.3, 0.4) is 0 Å². The standard InChI is InChI=1S/C49H32N4O/c1-49(2)42-21-30(28-50)13-16-38(42)39-17-14-33(25-43(39)49)35-22-36(34-15-18-40-41-29-51-20-19-46(41)54-47(40)26-34)24-37(23-35)45-27-44(31-9-5-3-6-10-31)52-48(53-45)32-11-7-4-8-12-32/h3-27,29H,1-2H3. The SMILES string of the molecule is CC1(C)c2cc(C#N)ccc2-c2ccc(-c3cc(-c4ccc5c(c4)oc4ccncc45)cc(-c4cc(-c5ccccc5)nc(-c5ccccc5)n4)c3)cc21. The van der Waals surface area contributed by atoms with E-state index in [1.165, 1.54) is 22.3 Å². The second-order valence-corrected chi connectivity index (χ2v) is 14.4. The van der Waals surface area contributed by atoms with E-state index < -0.39 is 0 Å². The van der Waals surface area contributed by atoms with Gasteiger partial charge >= 0.3 is 0 Å². The monoisotopic (exact) mass is 692 g/mol. The van der Waals surface area contributed by atoms with E-state index in [9.17, 15) is 5.26 Å². The molecule has 5 nitrogen and oxygen atoms in total. The highest BCUT2D eigenvalue weighted by atomic mass is 16.3. The Bertz CT molecular complexity index is 2920. The molecule has 0 atom stereocenters. The van der Waals surface area contributed by atoms with E-state index in [1.54, 1.807) is 6.20 Å². The fourth-order valence-electron chi connectivity index (χ4n) is 7.96. The summed E-state index contributed by atoms with van der Waals surface area (Å²) in [5.74, 6) is 0.671. The van der Waals surface area contributed by atoms with E-state index in [4.69, 9.17) is 14.4 Å². The third-order valence-corrected chi connectivity index (χ3v) is 10.8. The van der Waals surface area contributed by atoms with Crippen molar-refractivity contribution < 1.29 is 4.42 Å². The number of fused-ring (bicyclic) bond motifs is 6. The van der Waals surface area contributed by atoms with Crippen LogP contribution in [0.25, 0.3) is 89.2 Å². The van der Waals surface area contributed by atoms with Gasteiger partial charge in [-0.1, -0.05) is 98.8 Å². The van der Waals surface area contributed by atoms with Crippen molar-refractivity contribution in [3.63, 3.8) is 0 Å². The zero-order chi connectivity index (χ0) is 36.4. The van der Waals surface area contributed by atoms with Gasteiger partial charge in [-0.05, 0) is 105 Å². The van der Waals surface area contributed by atoms with Crippen molar-refractivity contribution in [2.45, 2.75) is 19.3 Å². The number of nitriles is 1. The Hall–Kier alpha value is -7.16. The van der Waals surface area contributed by atoms with Crippen molar-refractivity contribution in [1.29, 1.82) is 5.26 Å². The second kappa shape index (κ2) is 12.2. The summed E-state index contributed by atoms with van der Waals surface area (Å²) >= 11 is 0. The summed E-state index contributed by atoms with van der Waals surface area (Å²) in [7, 11) is 0. The van der Waals surface area contributed by atoms with Crippen molar-refractivity contribution in [3.05, 3.63) is 175 Å². The van der Waals surface area contributed by atoms with Crippen LogP contribution in [0.2, 0.25) is 0 Å². The van der Waals surface area contributed by atoms with Crippen LogP contribution in [-0.2, 0) is 5.41 Å². The molecule has 54 heavy (non-hydrogen) atoms. The molecule has 6 aromatic carbocycles. The Morgan fingerprint density at radius 2 is 1.15 bits per heavy atom. The highest BCUT2D eigenvalue weighted by Gasteiger charge is 2.36. The van der Waals surface area contributed by atoms with Crippen LogP contribution < -0.4 is 0 Å². The number of aromatic nitrogens is 3. The Labute approximate surface area is 312 Å². The summed E-state index contributed by atoms with van der Waals surface area (Å²) in [5, 5.41) is 11.7. The Morgan fingerprint density at radius 3 is 1.89 bits per heavy atom. The number of hydrogen-bond donors (Lipinski definition) is 0. The van der Waals surface area contributed by atoms with Gasteiger partial charge in [0.1, 0.15) is 11.2 Å². The molecule has 0 bridgehead atoms. The van der Waals surface area contributed by atoms with Gasteiger partial charge in [0.25, 0.3) is 0 Å². The van der Waals surface area contributed by atoms with Crippen molar-refractivity contribution in [2.24, 2.45) is 0 Å². The molecule has 254 valence electrons. The van der Waals surface area contributed by atoms with Gasteiger partial charge in [0.05, 0.1) is 23.0 Å². The Kier molecular flexibility index (Phi) is 7.14. The first-order valence-electron chi connectivity index (χ1n) is 18.0. The maximum atomic E-state index is 9.68. The zero-order valence-corrected chi connectivity index (χ0v) is 29.7. The summed E-state index contributed by atoms with van der Waals surface area (Å²) in [6.45, 7) is 4.50. The molecule has 0 unspecified atom stereocenters. The molecule has 0 radical (unpaired) electrons. The molecule has 10 rings (SSSR count). The zero-order valence-electron chi connectivity index (χ0n) is 29.7. The number of hydrogen-bond acceptors (Lipinski definition) is 5. The molecular weight excluding hydrogens is 661 g/mol. The lowest BCUT2D eigenvalue weighted by Crippen LogP contribution is -2.15. The van der Waals surface area contributed by atoms with Crippen LogP contribution in [0, 0.1) is 11.3 Å². The first-order valence-corrected chi connectivity index (χ1v) is 18.0. The molecule has 5 heteroatoms. The highest BCUT2D eigenvalue weighted by molar-refractivity contribution is 6.05. The molecule has 3 heterocycles. The number of benzene rings is 6. The average Bonchev–Trinajstić information content (AvgIpc) is 3.71. The van der Waals surface area contributed by atoms with E-state index in [1.807, 2.05) is 60.8 Å². The van der Waals surface area contributed by atoms with E-state index in [-0.39, 0.29) is 5.41 Å². The molecule has 0 aliphatic heterocycles. The van der Waals surface area contributed by atoms with Gasteiger partial charge in [-0.2, -0.15) is 5.26 Å². The lowest BCUT2D eigenvalue weighted by atomic mass is 9.81. The van der Waals surface area contributed by atoms with Crippen LogP contribution in [0.15, 0.2) is 162 Å². The van der Waals surface area contributed by atoms with E-state index in [0.717, 1.165) is 72.3 Å². The Balaban J connectivity index is 1.18. The van der Waals surface area contributed by atoms with Gasteiger partial charge in [-0.3, -0.25) is 4.98 Å². The lowest BCUT2D eigenvalue weighted by molar-refractivity contribution is 0.660. The summed E-state index contributed by atoms with van der Waals surface area (Å²) in [5.41, 5.74) is 15.8. The molecule has 1 aliphatic carbocycles. The van der Waals surface area contributed by atoms with Crippen LogP contribution in [-0.4, -0.2) is 15.0 Å². The maximum Gasteiger partial charge on any atom is 0.160 e. The molecule has 0 fully saturated rings. The lowest BCUT2D eigenvalue weighted by Gasteiger charge is -2.22. The molecule has 0 saturated carbocycles. The Morgan fingerprint density at radius 1 is 0.519 bits per heavy atom. The average molecular weight is 693 g/mol. The quantitative estimate of drug-likeness (QED) is 0.179. The van der Waals surface area contributed by atoms with E-state index >= 15 is 0 Å². The van der Waals surface area contributed by atoms with E-state index in [2.05, 4.69) is 116 Å². The van der Waals surface area contributed by atoms with Crippen LogP contribution in [0.1, 0.15) is 30.5 Å². The van der Waals surface area contributed by atoms with Crippen molar-refractivity contribution in [3.8, 4) is 73.4 Å². The number of furan rings is 1. The van der Waals surface area contributed by atoms with Crippen molar-refractivity contribution in [1.82, 2.24) is 15.0 Å². The largest absolute Gasteiger partial charge is 0.456 e. The molecule has 0 saturated heterocycles. The smallest absolute Gasteiger partial charge is 0.160 e. The maximum absolute atomic E-state index is 9.68. The molecule has 0 amide bonds. The molecule has 0 N–H and O–H groups in total.